The topological polar surface area (TPSA) is 64.4 Å². The van der Waals surface area contributed by atoms with Gasteiger partial charge in [0.1, 0.15) is 23.9 Å². The third-order valence-corrected chi connectivity index (χ3v) is 7.55. The molecule has 0 unspecified atom stereocenters. The number of amides is 1. The van der Waals surface area contributed by atoms with Crippen LogP contribution in [0.25, 0.3) is 0 Å². The van der Waals surface area contributed by atoms with Gasteiger partial charge in [0.05, 0.1) is 19.3 Å². The molecule has 32 heavy (non-hydrogen) atoms. The lowest BCUT2D eigenvalue weighted by atomic mass is 9.64. The predicted octanol–water partition coefficient (Wildman–Crippen LogP) is 3.69. The molecule has 2 aliphatic rings. The molecule has 2 fully saturated rings. The van der Waals surface area contributed by atoms with Crippen LogP contribution in [0.4, 0.5) is 0 Å². The molecule has 0 bridgehead atoms. The number of carbonyl (C=O) groups excluding carboxylic acids is 1. The van der Waals surface area contributed by atoms with Gasteiger partial charge in [-0.15, -0.1) is 0 Å². The minimum atomic E-state index is -0.822. The van der Waals surface area contributed by atoms with Gasteiger partial charge in [-0.2, -0.15) is 0 Å². The normalized spacial score (nSPS) is 22.7. The van der Waals surface area contributed by atoms with E-state index in [9.17, 15) is 4.79 Å². The molecule has 1 aromatic heterocycles. The number of aryl methyl sites for hydroxylation is 1. The van der Waals surface area contributed by atoms with Crippen LogP contribution in [0, 0.1) is 12.8 Å². The van der Waals surface area contributed by atoms with E-state index in [1.54, 1.807) is 0 Å². The van der Waals surface area contributed by atoms with E-state index in [1.807, 2.05) is 36.4 Å². The SMILES string of the molecule is Cc1n([C@H]2CC[C@@H](C(C(N)=O)(c3ccccc3)c3ccccc3)C2)cc[n+]1CC[C@H]1CO1. The molecule has 3 aromatic rings. The second kappa shape index (κ2) is 8.55. The summed E-state index contributed by atoms with van der Waals surface area (Å²) in [5.74, 6) is 1.15. The van der Waals surface area contributed by atoms with Gasteiger partial charge in [0.15, 0.2) is 0 Å². The Bertz CT molecular complexity index is 1030. The number of imidazole rings is 1. The first kappa shape index (κ1) is 21.0. The number of carbonyl (C=O) groups is 1. The molecule has 0 spiro atoms. The summed E-state index contributed by atoms with van der Waals surface area (Å²) < 4.78 is 10.1. The van der Waals surface area contributed by atoms with Crippen molar-refractivity contribution in [1.29, 1.82) is 0 Å². The van der Waals surface area contributed by atoms with Crippen LogP contribution in [-0.4, -0.2) is 23.2 Å². The first-order chi connectivity index (χ1) is 15.6. The monoisotopic (exact) mass is 430 g/mol. The van der Waals surface area contributed by atoms with Gasteiger partial charge < -0.3 is 10.5 Å². The van der Waals surface area contributed by atoms with Crippen molar-refractivity contribution in [2.24, 2.45) is 11.7 Å². The number of aromatic nitrogens is 2. The van der Waals surface area contributed by atoms with E-state index in [1.165, 1.54) is 5.82 Å². The number of epoxide rings is 1. The second-order valence-corrected chi connectivity index (χ2v) is 9.26. The van der Waals surface area contributed by atoms with Crippen molar-refractivity contribution in [3.8, 4) is 0 Å². The Morgan fingerprint density at radius 2 is 1.72 bits per heavy atom. The van der Waals surface area contributed by atoms with E-state index in [4.69, 9.17) is 10.5 Å². The molecule has 2 heterocycles. The van der Waals surface area contributed by atoms with Crippen LogP contribution < -0.4 is 10.3 Å². The second-order valence-electron chi connectivity index (χ2n) is 9.26. The van der Waals surface area contributed by atoms with E-state index in [2.05, 4.69) is 52.7 Å². The molecule has 1 saturated carbocycles. The molecule has 2 N–H and O–H groups in total. The number of ether oxygens (including phenoxy) is 1. The molecule has 0 radical (unpaired) electrons. The molecule has 3 atom stereocenters. The summed E-state index contributed by atoms with van der Waals surface area (Å²) in [7, 11) is 0. The molecule has 1 amide bonds. The Morgan fingerprint density at radius 1 is 1.09 bits per heavy atom. The van der Waals surface area contributed by atoms with Crippen LogP contribution in [0.1, 0.15) is 48.7 Å². The highest BCUT2D eigenvalue weighted by Gasteiger charge is 2.51. The summed E-state index contributed by atoms with van der Waals surface area (Å²) in [6.45, 7) is 4.08. The zero-order chi connectivity index (χ0) is 22.1. The highest BCUT2D eigenvalue weighted by Crippen LogP contribution is 2.49. The van der Waals surface area contributed by atoms with Crippen LogP contribution in [0.5, 0.6) is 0 Å². The lowest BCUT2D eigenvalue weighted by Crippen LogP contribution is -2.47. The van der Waals surface area contributed by atoms with Gasteiger partial charge in [0, 0.05) is 13.3 Å². The van der Waals surface area contributed by atoms with Crippen molar-refractivity contribution in [3.63, 3.8) is 0 Å². The van der Waals surface area contributed by atoms with Crippen molar-refractivity contribution in [2.45, 2.75) is 56.7 Å². The molecule has 1 aliphatic heterocycles. The average molecular weight is 431 g/mol. The highest BCUT2D eigenvalue weighted by atomic mass is 16.6. The van der Waals surface area contributed by atoms with Gasteiger partial charge in [-0.3, -0.25) is 4.79 Å². The average Bonchev–Trinajstić information content (AvgIpc) is 3.40. The van der Waals surface area contributed by atoms with Gasteiger partial charge in [-0.1, -0.05) is 60.7 Å². The molecule has 166 valence electrons. The van der Waals surface area contributed by atoms with Crippen molar-refractivity contribution in [1.82, 2.24) is 4.57 Å². The zero-order valence-corrected chi connectivity index (χ0v) is 18.7. The molecular formula is C27H32N3O2+. The standard InChI is InChI=1S/C27H31N3O2/c1-20-29(15-14-25-19-32-25)16-17-30(20)24-13-12-23(18-24)27(26(28)31,21-8-4-2-5-9-21)22-10-6-3-7-11-22/h2-11,16-17,23-25H,12-15,18-19H2,1H3,(H-,28,31)/p+1/t23-,24+,25+/m1/s1. The van der Waals surface area contributed by atoms with Crippen LogP contribution >= 0.6 is 0 Å². The van der Waals surface area contributed by atoms with Crippen molar-refractivity contribution in [3.05, 3.63) is 90.0 Å². The third kappa shape index (κ3) is 3.65. The Hall–Kier alpha value is -2.92. The van der Waals surface area contributed by atoms with E-state index >= 15 is 0 Å². The molecule has 1 saturated heterocycles. The highest BCUT2D eigenvalue weighted by molar-refractivity contribution is 5.91. The summed E-state index contributed by atoms with van der Waals surface area (Å²) in [5.41, 5.74) is 7.41. The lowest BCUT2D eigenvalue weighted by molar-refractivity contribution is -0.703. The fourth-order valence-electron chi connectivity index (χ4n) is 5.79. The van der Waals surface area contributed by atoms with Gasteiger partial charge in [0.25, 0.3) is 5.82 Å². The minimum Gasteiger partial charge on any atom is -0.373 e. The minimum absolute atomic E-state index is 0.143. The Kier molecular flexibility index (Phi) is 5.60. The van der Waals surface area contributed by atoms with Gasteiger partial charge in [0.2, 0.25) is 5.91 Å². The molecule has 5 heteroatoms. The fourth-order valence-corrected chi connectivity index (χ4v) is 5.79. The van der Waals surface area contributed by atoms with E-state index < -0.39 is 5.41 Å². The first-order valence-electron chi connectivity index (χ1n) is 11.7. The van der Waals surface area contributed by atoms with E-state index in [0.29, 0.717) is 12.1 Å². The smallest absolute Gasteiger partial charge is 0.253 e. The molecule has 5 rings (SSSR count). The van der Waals surface area contributed by atoms with Gasteiger partial charge in [-0.25, -0.2) is 9.13 Å². The quantitative estimate of drug-likeness (QED) is 0.438. The van der Waals surface area contributed by atoms with Crippen molar-refractivity contribution >= 4 is 5.91 Å². The maximum Gasteiger partial charge on any atom is 0.253 e. The zero-order valence-electron chi connectivity index (χ0n) is 18.7. The summed E-state index contributed by atoms with van der Waals surface area (Å²) in [4.78, 5) is 13.3. The molecule has 1 aliphatic carbocycles. The largest absolute Gasteiger partial charge is 0.373 e. The maximum atomic E-state index is 13.3. The number of hydrogen-bond acceptors (Lipinski definition) is 2. The third-order valence-electron chi connectivity index (χ3n) is 7.55. The van der Waals surface area contributed by atoms with E-state index in [-0.39, 0.29) is 11.8 Å². The fraction of sp³-hybridized carbons (Fsp3) is 0.407. The first-order valence-corrected chi connectivity index (χ1v) is 11.7. The molecular weight excluding hydrogens is 398 g/mol. The van der Waals surface area contributed by atoms with Gasteiger partial charge in [-0.05, 0) is 36.3 Å². The van der Waals surface area contributed by atoms with Crippen LogP contribution in [0.3, 0.4) is 0 Å². The van der Waals surface area contributed by atoms with Crippen LogP contribution in [-0.2, 0) is 21.5 Å². The number of nitrogens with zero attached hydrogens (tertiary/aromatic N) is 2. The predicted molar refractivity (Wildman–Crippen MR) is 123 cm³/mol. The lowest BCUT2D eigenvalue weighted by Gasteiger charge is -2.37. The maximum absolute atomic E-state index is 13.3. The summed E-state index contributed by atoms with van der Waals surface area (Å²) in [6, 6.07) is 20.6. The number of primary amides is 1. The van der Waals surface area contributed by atoms with Crippen LogP contribution in [0.15, 0.2) is 73.1 Å². The Morgan fingerprint density at radius 3 is 2.28 bits per heavy atom. The number of nitrogens with two attached hydrogens (primary N) is 1. The Balaban J connectivity index is 1.47. The molecule has 5 nitrogen and oxygen atoms in total. The van der Waals surface area contributed by atoms with E-state index in [0.717, 1.165) is 50.0 Å². The summed E-state index contributed by atoms with van der Waals surface area (Å²) >= 11 is 0. The number of rotatable bonds is 8. The molecule has 2 aromatic carbocycles. The Labute approximate surface area is 189 Å². The summed E-state index contributed by atoms with van der Waals surface area (Å²) in [5, 5.41) is 0. The van der Waals surface area contributed by atoms with Gasteiger partial charge >= 0.3 is 0 Å². The van der Waals surface area contributed by atoms with Crippen molar-refractivity contribution < 1.29 is 14.1 Å². The van der Waals surface area contributed by atoms with Crippen LogP contribution in [0.2, 0.25) is 0 Å². The van der Waals surface area contributed by atoms with Crippen molar-refractivity contribution in [2.75, 3.05) is 6.61 Å². The number of hydrogen-bond donors (Lipinski definition) is 1. The summed E-state index contributed by atoms with van der Waals surface area (Å²) in [6.07, 6.45) is 8.82. The number of benzene rings is 2.